The number of carbonyl (C=O) groups excluding carboxylic acids is 1. The second kappa shape index (κ2) is 5.63. The molecule has 1 heterocycles. The van der Waals surface area contributed by atoms with Crippen molar-refractivity contribution in [1.29, 1.82) is 0 Å². The molecule has 1 rings (SSSR count). The highest BCUT2D eigenvalue weighted by molar-refractivity contribution is 5.88. The van der Waals surface area contributed by atoms with Gasteiger partial charge in [0, 0.05) is 17.7 Å². The fraction of sp³-hybridized carbons (Fsp3) is 0.583. The van der Waals surface area contributed by atoms with Crippen LogP contribution < -0.4 is 5.32 Å². The molecule has 1 atom stereocenters. The Morgan fingerprint density at radius 3 is 2.36 bits per heavy atom. The van der Waals surface area contributed by atoms with Crippen molar-refractivity contribution >= 4 is 5.91 Å². The van der Waals surface area contributed by atoms with Crippen molar-refractivity contribution in [1.82, 2.24) is 5.32 Å². The minimum atomic E-state index is -0.0457. The summed E-state index contributed by atoms with van der Waals surface area (Å²) in [4.78, 5) is 10.9. The highest BCUT2D eigenvalue weighted by Crippen LogP contribution is 2.30. The van der Waals surface area contributed by atoms with Crippen molar-refractivity contribution in [2.24, 2.45) is 11.3 Å². The molecule has 0 aromatic heterocycles. The molecule has 0 saturated carbocycles. The predicted molar refractivity (Wildman–Crippen MR) is 60.7 cm³/mol. The van der Waals surface area contributed by atoms with Gasteiger partial charge in [0.2, 0.25) is 5.91 Å². The zero-order valence-corrected chi connectivity index (χ0v) is 9.79. The normalized spacial score (nSPS) is 25.1. The molecule has 2 heteroatoms. The topological polar surface area (TPSA) is 29.1 Å². The molecule has 14 heavy (non-hydrogen) atoms. The van der Waals surface area contributed by atoms with E-state index in [1.165, 1.54) is 0 Å². The predicted octanol–water partition coefficient (Wildman–Crippen LogP) is 2.87. The summed E-state index contributed by atoms with van der Waals surface area (Å²) in [5.41, 5.74) is -0.000833. The van der Waals surface area contributed by atoms with Gasteiger partial charge >= 0.3 is 0 Å². The minimum Gasteiger partial charge on any atom is -0.329 e. The number of rotatable bonds is 1. The molecule has 0 radical (unpaired) electrons. The van der Waals surface area contributed by atoms with Crippen LogP contribution in [0.5, 0.6) is 0 Å². The monoisotopic (exact) mass is 195 g/mol. The third-order valence-corrected chi connectivity index (χ3v) is 2.51. The van der Waals surface area contributed by atoms with Gasteiger partial charge in [-0.15, -0.1) is 0 Å². The van der Waals surface area contributed by atoms with E-state index in [2.05, 4.69) is 26.1 Å². The smallest absolute Gasteiger partial charge is 0.247 e. The average molecular weight is 195 g/mol. The van der Waals surface area contributed by atoms with Gasteiger partial charge in [-0.25, -0.2) is 0 Å². The summed E-state index contributed by atoms with van der Waals surface area (Å²) in [5.74, 6) is 0.452. The van der Waals surface area contributed by atoms with Gasteiger partial charge in [0.25, 0.3) is 0 Å². The number of hydrogen-bond donors (Lipinski definition) is 1. The van der Waals surface area contributed by atoms with Gasteiger partial charge in [-0.05, 0) is 5.92 Å². The number of nitrogens with one attached hydrogen (secondary N) is 1. The lowest BCUT2D eigenvalue weighted by Crippen LogP contribution is -2.17. The van der Waals surface area contributed by atoms with E-state index < -0.39 is 0 Å². The number of carbonyl (C=O) groups is 1. The van der Waals surface area contributed by atoms with Crippen LogP contribution in [-0.4, -0.2) is 5.91 Å². The first kappa shape index (κ1) is 12.9. The second-order valence-electron chi connectivity index (χ2n) is 3.70. The summed E-state index contributed by atoms with van der Waals surface area (Å²) in [6.07, 6.45) is 7.30. The first-order valence-corrected chi connectivity index (χ1v) is 5.22. The summed E-state index contributed by atoms with van der Waals surface area (Å²) in [6.45, 7) is 10.4. The van der Waals surface area contributed by atoms with Crippen molar-refractivity contribution in [2.75, 3.05) is 0 Å². The van der Waals surface area contributed by atoms with E-state index in [4.69, 9.17) is 0 Å². The molecule has 0 aromatic carbocycles. The van der Waals surface area contributed by atoms with Crippen LogP contribution in [0.4, 0.5) is 0 Å². The SMILES string of the molecule is CC.CC(C)C1(C)C=CNC(=O)C=C1. The second-order valence-corrected chi connectivity index (χ2v) is 3.70. The summed E-state index contributed by atoms with van der Waals surface area (Å²) in [7, 11) is 0. The highest BCUT2D eigenvalue weighted by Gasteiger charge is 2.23. The molecule has 0 aromatic rings. The molecule has 1 unspecified atom stereocenters. The largest absolute Gasteiger partial charge is 0.329 e. The Balaban J connectivity index is 0.000000791. The van der Waals surface area contributed by atoms with Crippen LogP contribution in [0, 0.1) is 11.3 Å². The zero-order chi connectivity index (χ0) is 11.2. The molecule has 1 N–H and O–H groups in total. The fourth-order valence-corrected chi connectivity index (χ4v) is 1.05. The van der Waals surface area contributed by atoms with E-state index in [1.807, 2.05) is 26.0 Å². The maximum atomic E-state index is 10.9. The first-order chi connectivity index (χ1) is 6.54. The summed E-state index contributed by atoms with van der Waals surface area (Å²) < 4.78 is 0. The molecule has 0 fully saturated rings. The molecule has 0 bridgehead atoms. The molecule has 1 aliphatic heterocycles. The van der Waals surface area contributed by atoms with Gasteiger partial charge < -0.3 is 5.32 Å². The van der Waals surface area contributed by atoms with Crippen LogP contribution in [0.25, 0.3) is 0 Å². The lowest BCUT2D eigenvalue weighted by atomic mass is 9.79. The number of hydrogen-bond acceptors (Lipinski definition) is 1. The van der Waals surface area contributed by atoms with E-state index >= 15 is 0 Å². The number of amides is 1. The summed E-state index contributed by atoms with van der Waals surface area (Å²) in [5, 5.41) is 2.65. The van der Waals surface area contributed by atoms with Gasteiger partial charge in [-0.2, -0.15) is 0 Å². The van der Waals surface area contributed by atoms with Crippen LogP contribution in [0.2, 0.25) is 0 Å². The summed E-state index contributed by atoms with van der Waals surface area (Å²) in [6, 6.07) is 0. The van der Waals surface area contributed by atoms with Gasteiger partial charge in [-0.3, -0.25) is 4.79 Å². The van der Waals surface area contributed by atoms with Crippen LogP contribution in [0.3, 0.4) is 0 Å². The van der Waals surface area contributed by atoms with Crippen molar-refractivity contribution < 1.29 is 4.79 Å². The number of allylic oxidation sites excluding steroid dienone is 2. The highest BCUT2D eigenvalue weighted by atomic mass is 16.1. The van der Waals surface area contributed by atoms with Gasteiger partial charge in [-0.1, -0.05) is 46.8 Å². The molecule has 1 aliphatic rings. The van der Waals surface area contributed by atoms with E-state index in [-0.39, 0.29) is 11.3 Å². The van der Waals surface area contributed by atoms with Crippen molar-refractivity contribution in [3.63, 3.8) is 0 Å². The van der Waals surface area contributed by atoms with Gasteiger partial charge in [0.15, 0.2) is 0 Å². The Bertz CT molecular complexity index is 241. The Labute approximate surface area is 87.1 Å². The molecular formula is C12H21NO. The quantitative estimate of drug-likeness (QED) is 0.685. The van der Waals surface area contributed by atoms with Crippen LogP contribution in [-0.2, 0) is 4.79 Å². The zero-order valence-electron chi connectivity index (χ0n) is 9.79. The lowest BCUT2D eigenvalue weighted by molar-refractivity contribution is -0.115. The van der Waals surface area contributed by atoms with Crippen LogP contribution in [0.1, 0.15) is 34.6 Å². The summed E-state index contributed by atoms with van der Waals surface area (Å²) >= 11 is 0. The lowest BCUT2D eigenvalue weighted by Gasteiger charge is -2.25. The molecule has 0 aliphatic carbocycles. The van der Waals surface area contributed by atoms with E-state index in [1.54, 1.807) is 12.3 Å². The van der Waals surface area contributed by atoms with Crippen molar-refractivity contribution in [3.05, 3.63) is 24.4 Å². The third-order valence-electron chi connectivity index (χ3n) is 2.51. The Kier molecular flexibility index (Phi) is 5.21. The molecule has 0 spiro atoms. The average Bonchev–Trinajstić information content (AvgIpc) is 2.33. The van der Waals surface area contributed by atoms with Crippen molar-refractivity contribution in [2.45, 2.75) is 34.6 Å². The molecular weight excluding hydrogens is 174 g/mol. The van der Waals surface area contributed by atoms with E-state index in [0.717, 1.165) is 0 Å². The standard InChI is InChI=1S/C10H15NO.C2H6/c1-8(2)10(3)5-4-9(12)11-7-6-10;1-2/h4-8H,1-3H3,(H,11,12);1-2H3. The Morgan fingerprint density at radius 2 is 1.86 bits per heavy atom. The fourth-order valence-electron chi connectivity index (χ4n) is 1.05. The molecule has 80 valence electrons. The minimum absolute atomic E-state index is 0.000833. The van der Waals surface area contributed by atoms with E-state index in [9.17, 15) is 4.79 Å². The van der Waals surface area contributed by atoms with Gasteiger partial charge in [0.1, 0.15) is 0 Å². The maximum Gasteiger partial charge on any atom is 0.247 e. The molecule has 0 saturated heterocycles. The maximum absolute atomic E-state index is 10.9. The van der Waals surface area contributed by atoms with E-state index in [0.29, 0.717) is 5.92 Å². The van der Waals surface area contributed by atoms with Crippen LogP contribution in [0.15, 0.2) is 24.4 Å². The first-order valence-electron chi connectivity index (χ1n) is 5.22. The Hall–Kier alpha value is -1.05. The Morgan fingerprint density at radius 1 is 1.29 bits per heavy atom. The van der Waals surface area contributed by atoms with Crippen molar-refractivity contribution in [3.8, 4) is 0 Å². The third kappa shape index (κ3) is 3.36. The van der Waals surface area contributed by atoms with Gasteiger partial charge in [0.05, 0.1) is 0 Å². The molecule has 1 amide bonds. The molecule has 2 nitrogen and oxygen atoms in total. The van der Waals surface area contributed by atoms with Crippen LogP contribution >= 0.6 is 0 Å².